The first-order valence-corrected chi connectivity index (χ1v) is 15.5. The number of hydrogen-bond acceptors (Lipinski definition) is 10. The highest BCUT2D eigenvalue weighted by Crippen LogP contribution is 2.38. The van der Waals surface area contributed by atoms with Crippen LogP contribution in [0.5, 0.6) is 17.2 Å². The van der Waals surface area contributed by atoms with Crippen LogP contribution in [0.1, 0.15) is 13.3 Å². The van der Waals surface area contributed by atoms with Gasteiger partial charge in [0.1, 0.15) is 28.5 Å². The van der Waals surface area contributed by atoms with Gasteiger partial charge in [0.15, 0.2) is 0 Å². The number of hydrogen-bond donors (Lipinski definition) is 2. The third kappa shape index (κ3) is 6.84. The summed E-state index contributed by atoms with van der Waals surface area (Å²) in [6.45, 7) is 5.26. The van der Waals surface area contributed by atoms with Crippen molar-refractivity contribution in [1.29, 1.82) is 0 Å². The van der Waals surface area contributed by atoms with Gasteiger partial charge in [-0.3, -0.25) is 9.69 Å². The van der Waals surface area contributed by atoms with Crippen molar-refractivity contribution in [2.45, 2.75) is 18.2 Å². The van der Waals surface area contributed by atoms with Crippen molar-refractivity contribution in [2.75, 3.05) is 73.4 Å². The second-order valence-corrected chi connectivity index (χ2v) is 12.1. The molecule has 1 aromatic heterocycles. The number of sulfonamides is 1. The van der Waals surface area contributed by atoms with Crippen molar-refractivity contribution in [1.82, 2.24) is 19.2 Å². The van der Waals surface area contributed by atoms with Crippen LogP contribution >= 0.6 is 15.9 Å². The molecule has 0 bridgehead atoms. The second kappa shape index (κ2) is 13.9. The maximum Gasteiger partial charge on any atom is 0.262 e. The van der Waals surface area contributed by atoms with Gasteiger partial charge in [-0.15, -0.1) is 0 Å². The van der Waals surface area contributed by atoms with Crippen LogP contribution in [0.2, 0.25) is 0 Å². The molecule has 0 atom stereocenters. The van der Waals surface area contributed by atoms with E-state index in [-0.39, 0.29) is 47.1 Å². The fraction of sp³-hybridized carbons (Fsp3) is 0.481. The first kappa shape index (κ1) is 31.2. The van der Waals surface area contributed by atoms with Crippen LogP contribution in [0.25, 0.3) is 22.3 Å². The third-order valence-electron chi connectivity index (χ3n) is 6.72. The molecule has 3 aromatic rings. The first-order valence-electron chi connectivity index (χ1n) is 13.3. The van der Waals surface area contributed by atoms with E-state index in [2.05, 4.69) is 30.8 Å². The van der Waals surface area contributed by atoms with Crippen LogP contribution in [0, 0.1) is 0 Å². The number of benzene rings is 2. The molecule has 4 rings (SSSR count). The highest BCUT2D eigenvalue weighted by molar-refractivity contribution is 9.10. The van der Waals surface area contributed by atoms with Crippen molar-refractivity contribution < 1.29 is 32.5 Å². The summed E-state index contributed by atoms with van der Waals surface area (Å²) < 4.78 is 51.4. The minimum absolute atomic E-state index is 0.0168. The van der Waals surface area contributed by atoms with Crippen LogP contribution in [0.4, 0.5) is 0 Å². The Bertz CT molecular complexity index is 1530. The summed E-state index contributed by atoms with van der Waals surface area (Å²) in [5, 5.41) is 9.88. The molecule has 2 heterocycles. The number of H-pyrrole nitrogens is 1. The molecule has 0 aliphatic carbocycles. The highest BCUT2D eigenvalue weighted by atomic mass is 79.9. The third-order valence-corrected chi connectivity index (χ3v) is 9.38. The number of morpholine rings is 1. The molecule has 0 spiro atoms. The Morgan fingerprint density at radius 2 is 1.85 bits per heavy atom. The largest absolute Gasteiger partial charge is 0.496 e. The summed E-state index contributed by atoms with van der Waals surface area (Å²) in [5.74, 6) is 1.17. The van der Waals surface area contributed by atoms with Gasteiger partial charge < -0.3 is 29.0 Å². The summed E-state index contributed by atoms with van der Waals surface area (Å²) in [5.41, 5.74) is 0.0960. The Kier molecular flexibility index (Phi) is 10.6. The van der Waals surface area contributed by atoms with Gasteiger partial charge >= 0.3 is 0 Å². The number of halogens is 1. The fourth-order valence-corrected chi connectivity index (χ4v) is 6.56. The van der Waals surface area contributed by atoms with Crippen molar-refractivity contribution in [3.63, 3.8) is 0 Å². The standard InChI is InChI=1S/C27H35BrN4O8S/c1-4-13-40-20-6-5-18(41(35,36)32(9-12-33)8-7-31-10-14-39-15-11-31)16-19(20)26-29-25-23(27(34)30-26)21(37-2)17-22(38-3)24(25)28/h5-6,16-17,33H,4,7-15H2,1-3H3,(H,29,30,34). The smallest absolute Gasteiger partial charge is 0.262 e. The number of aliphatic hydroxyl groups excluding tert-OH is 1. The molecule has 1 aliphatic heterocycles. The molecular weight excluding hydrogens is 620 g/mol. The lowest BCUT2D eigenvalue weighted by Crippen LogP contribution is -2.43. The molecule has 1 fully saturated rings. The molecule has 14 heteroatoms. The Labute approximate surface area is 247 Å². The molecule has 1 saturated heterocycles. The maximum absolute atomic E-state index is 13.8. The molecular formula is C27H35BrN4O8S. The molecule has 12 nitrogen and oxygen atoms in total. The van der Waals surface area contributed by atoms with Gasteiger partial charge in [0.05, 0.1) is 61.1 Å². The molecule has 1 aliphatic rings. The molecule has 0 radical (unpaired) electrons. The summed E-state index contributed by atoms with van der Waals surface area (Å²) in [6.07, 6.45) is 0.715. The van der Waals surface area contributed by atoms with Gasteiger partial charge in [0.2, 0.25) is 10.0 Å². The predicted octanol–water partition coefficient (Wildman–Crippen LogP) is 2.47. The minimum atomic E-state index is -4.02. The number of rotatable bonds is 13. The normalized spacial score (nSPS) is 14.5. The zero-order chi connectivity index (χ0) is 29.6. The summed E-state index contributed by atoms with van der Waals surface area (Å²) in [4.78, 5) is 22.9. The number of methoxy groups -OCH3 is 2. The minimum Gasteiger partial charge on any atom is -0.496 e. The van der Waals surface area contributed by atoms with Crippen molar-refractivity contribution in [3.05, 3.63) is 39.1 Å². The Morgan fingerprint density at radius 3 is 2.51 bits per heavy atom. The number of ether oxygens (including phenoxy) is 4. The quantitative estimate of drug-likeness (QED) is 0.282. The van der Waals surface area contributed by atoms with Crippen molar-refractivity contribution in [3.8, 4) is 28.6 Å². The summed E-state index contributed by atoms with van der Waals surface area (Å²) >= 11 is 3.47. The van der Waals surface area contributed by atoms with E-state index in [0.717, 1.165) is 0 Å². The number of aliphatic hydroxyl groups is 1. The summed E-state index contributed by atoms with van der Waals surface area (Å²) in [7, 11) is -1.09. The number of nitrogens with one attached hydrogen (secondary N) is 1. The van der Waals surface area contributed by atoms with E-state index in [1.54, 1.807) is 12.1 Å². The van der Waals surface area contributed by atoms with Gasteiger partial charge in [0, 0.05) is 38.8 Å². The van der Waals surface area contributed by atoms with Crippen LogP contribution in [0.3, 0.4) is 0 Å². The Balaban J connectivity index is 1.81. The lowest BCUT2D eigenvalue weighted by atomic mass is 10.1. The Morgan fingerprint density at radius 1 is 1.12 bits per heavy atom. The summed E-state index contributed by atoms with van der Waals surface area (Å²) in [6, 6.07) is 6.04. The van der Waals surface area contributed by atoms with E-state index in [1.165, 1.54) is 30.7 Å². The fourth-order valence-electron chi connectivity index (χ4n) is 4.55. The van der Waals surface area contributed by atoms with Crippen LogP contribution in [0.15, 0.2) is 38.4 Å². The lowest BCUT2D eigenvalue weighted by molar-refractivity contribution is 0.0359. The predicted molar refractivity (Wildman–Crippen MR) is 157 cm³/mol. The van der Waals surface area contributed by atoms with Gasteiger partial charge in [-0.2, -0.15) is 4.31 Å². The van der Waals surface area contributed by atoms with Crippen molar-refractivity contribution in [2.24, 2.45) is 0 Å². The van der Waals surface area contributed by atoms with Crippen LogP contribution in [-0.4, -0.2) is 106 Å². The van der Waals surface area contributed by atoms with E-state index in [9.17, 15) is 18.3 Å². The number of nitrogens with zero attached hydrogens (tertiary/aromatic N) is 3. The van der Waals surface area contributed by atoms with E-state index in [1.807, 2.05) is 6.92 Å². The zero-order valence-electron chi connectivity index (χ0n) is 23.3. The first-order chi connectivity index (χ1) is 19.7. The van der Waals surface area contributed by atoms with E-state index in [4.69, 9.17) is 18.9 Å². The molecule has 2 aromatic carbocycles. The molecule has 224 valence electrons. The van der Waals surface area contributed by atoms with E-state index in [0.29, 0.717) is 67.4 Å². The molecule has 0 saturated carbocycles. The molecule has 2 N–H and O–H groups in total. The number of aromatic nitrogens is 2. The van der Waals surface area contributed by atoms with E-state index < -0.39 is 15.6 Å². The van der Waals surface area contributed by atoms with Crippen LogP contribution in [-0.2, 0) is 14.8 Å². The van der Waals surface area contributed by atoms with Gasteiger partial charge in [-0.05, 0) is 40.5 Å². The molecule has 0 unspecified atom stereocenters. The monoisotopic (exact) mass is 654 g/mol. The molecule has 0 amide bonds. The Hall–Kier alpha value is -2.75. The van der Waals surface area contributed by atoms with Crippen LogP contribution < -0.4 is 19.8 Å². The number of aromatic amines is 1. The van der Waals surface area contributed by atoms with Crippen molar-refractivity contribution >= 4 is 36.9 Å². The zero-order valence-corrected chi connectivity index (χ0v) is 25.7. The average molecular weight is 656 g/mol. The highest BCUT2D eigenvalue weighted by Gasteiger charge is 2.27. The maximum atomic E-state index is 13.8. The average Bonchev–Trinajstić information content (AvgIpc) is 2.98. The molecule has 41 heavy (non-hydrogen) atoms. The topological polar surface area (TPSA) is 144 Å². The number of fused-ring (bicyclic) bond motifs is 1. The SMILES string of the molecule is CCCOc1ccc(S(=O)(=O)N(CCO)CCN2CCOCC2)cc1-c1nc2c(Br)c(OC)cc(OC)c2c(=O)[nH]1. The second-order valence-electron chi connectivity index (χ2n) is 9.32. The van der Waals surface area contributed by atoms with Gasteiger partial charge in [-0.1, -0.05) is 6.92 Å². The van der Waals surface area contributed by atoms with Gasteiger partial charge in [-0.25, -0.2) is 13.4 Å². The van der Waals surface area contributed by atoms with E-state index >= 15 is 0 Å². The van der Waals surface area contributed by atoms with Gasteiger partial charge in [0.25, 0.3) is 5.56 Å². The lowest BCUT2D eigenvalue weighted by Gasteiger charge is -2.29.